The molecule has 0 rings (SSSR count). The summed E-state index contributed by atoms with van der Waals surface area (Å²) in [5.74, 6) is -0.163. The zero-order valence-electron chi connectivity index (χ0n) is 6.26. The Balaban J connectivity index is 3.34. The van der Waals surface area contributed by atoms with Crippen LogP contribution in [-0.4, -0.2) is 18.5 Å². The number of hydrogen-bond donors (Lipinski definition) is 2. The standard InChI is InChI=1S/C7H14N2O/c1-3-6(8)5-9-7(10)4-2/h4,6H,2-3,5,8H2,1H3,(H,9,10). The summed E-state index contributed by atoms with van der Waals surface area (Å²) in [7, 11) is 0. The summed E-state index contributed by atoms with van der Waals surface area (Å²) in [5.41, 5.74) is 5.53. The third-order valence-corrected chi connectivity index (χ3v) is 1.25. The molecule has 0 heterocycles. The van der Waals surface area contributed by atoms with Gasteiger partial charge in [-0.15, -0.1) is 0 Å². The maximum atomic E-state index is 10.5. The molecule has 0 aliphatic rings. The van der Waals surface area contributed by atoms with Crippen molar-refractivity contribution in [1.29, 1.82) is 0 Å². The molecule has 0 radical (unpaired) electrons. The number of nitrogens with two attached hydrogens (primary N) is 1. The van der Waals surface area contributed by atoms with Gasteiger partial charge in [-0.3, -0.25) is 4.79 Å². The highest BCUT2D eigenvalue weighted by Gasteiger charge is 1.98. The molecule has 0 aromatic rings. The molecule has 0 bridgehead atoms. The van der Waals surface area contributed by atoms with Gasteiger partial charge in [0.1, 0.15) is 0 Å². The SMILES string of the molecule is C=CC(=O)NCC(N)CC. The van der Waals surface area contributed by atoms with Crippen molar-refractivity contribution < 1.29 is 4.79 Å². The molecule has 3 N–H and O–H groups in total. The lowest BCUT2D eigenvalue weighted by molar-refractivity contribution is -0.116. The minimum absolute atomic E-state index is 0.0592. The Morgan fingerprint density at radius 1 is 1.90 bits per heavy atom. The van der Waals surface area contributed by atoms with Gasteiger partial charge >= 0.3 is 0 Å². The van der Waals surface area contributed by atoms with Crippen molar-refractivity contribution in [2.45, 2.75) is 19.4 Å². The Labute approximate surface area is 61.3 Å². The molecule has 3 heteroatoms. The summed E-state index contributed by atoms with van der Waals surface area (Å²) in [4.78, 5) is 10.5. The van der Waals surface area contributed by atoms with Gasteiger partial charge in [0.05, 0.1) is 0 Å². The highest BCUT2D eigenvalue weighted by molar-refractivity contribution is 5.86. The van der Waals surface area contributed by atoms with Gasteiger partial charge in [-0.05, 0) is 12.5 Å². The van der Waals surface area contributed by atoms with Gasteiger partial charge in [0.25, 0.3) is 0 Å². The molecule has 1 amide bonds. The summed E-state index contributed by atoms with van der Waals surface area (Å²) in [6.07, 6.45) is 2.11. The Morgan fingerprint density at radius 2 is 2.50 bits per heavy atom. The molecule has 0 aliphatic heterocycles. The zero-order chi connectivity index (χ0) is 7.98. The average Bonchev–Trinajstić information content (AvgIpc) is 1.99. The topological polar surface area (TPSA) is 55.1 Å². The molecule has 0 saturated heterocycles. The predicted molar refractivity (Wildman–Crippen MR) is 41.5 cm³/mol. The van der Waals surface area contributed by atoms with Crippen LogP contribution >= 0.6 is 0 Å². The first kappa shape index (κ1) is 9.17. The number of rotatable bonds is 4. The van der Waals surface area contributed by atoms with Gasteiger partial charge in [0.15, 0.2) is 0 Å². The minimum atomic E-state index is -0.163. The van der Waals surface area contributed by atoms with Gasteiger partial charge < -0.3 is 11.1 Å². The summed E-state index contributed by atoms with van der Waals surface area (Å²) < 4.78 is 0. The van der Waals surface area contributed by atoms with Gasteiger partial charge in [0, 0.05) is 12.6 Å². The van der Waals surface area contributed by atoms with E-state index in [2.05, 4.69) is 11.9 Å². The van der Waals surface area contributed by atoms with Crippen LogP contribution in [0.2, 0.25) is 0 Å². The normalized spacial score (nSPS) is 12.2. The van der Waals surface area contributed by atoms with Crippen molar-refractivity contribution in [3.63, 3.8) is 0 Å². The van der Waals surface area contributed by atoms with Crippen LogP contribution in [0.5, 0.6) is 0 Å². The van der Waals surface area contributed by atoms with Crippen molar-refractivity contribution >= 4 is 5.91 Å². The molecule has 0 spiro atoms. The number of hydrogen-bond acceptors (Lipinski definition) is 2. The summed E-state index contributed by atoms with van der Waals surface area (Å²) >= 11 is 0. The molecule has 10 heavy (non-hydrogen) atoms. The van der Waals surface area contributed by atoms with Gasteiger partial charge in [-0.2, -0.15) is 0 Å². The Bertz CT molecular complexity index is 123. The fraction of sp³-hybridized carbons (Fsp3) is 0.571. The lowest BCUT2D eigenvalue weighted by Gasteiger charge is -2.07. The van der Waals surface area contributed by atoms with E-state index in [4.69, 9.17) is 5.73 Å². The van der Waals surface area contributed by atoms with E-state index in [1.807, 2.05) is 6.92 Å². The molecule has 0 fully saturated rings. The van der Waals surface area contributed by atoms with E-state index < -0.39 is 0 Å². The van der Waals surface area contributed by atoms with Crippen LogP contribution in [0.15, 0.2) is 12.7 Å². The van der Waals surface area contributed by atoms with Crippen molar-refractivity contribution in [3.05, 3.63) is 12.7 Å². The highest BCUT2D eigenvalue weighted by Crippen LogP contribution is 1.81. The second-order valence-electron chi connectivity index (χ2n) is 2.12. The molecule has 0 aliphatic carbocycles. The second-order valence-corrected chi connectivity index (χ2v) is 2.12. The largest absolute Gasteiger partial charge is 0.351 e. The number of carbonyl (C=O) groups is 1. The molecule has 58 valence electrons. The molecule has 0 aromatic heterocycles. The third-order valence-electron chi connectivity index (χ3n) is 1.25. The van der Waals surface area contributed by atoms with Crippen LogP contribution in [0.3, 0.4) is 0 Å². The van der Waals surface area contributed by atoms with E-state index >= 15 is 0 Å². The van der Waals surface area contributed by atoms with Crippen LogP contribution in [0.25, 0.3) is 0 Å². The third kappa shape index (κ3) is 4.09. The van der Waals surface area contributed by atoms with Crippen LogP contribution in [0.1, 0.15) is 13.3 Å². The van der Waals surface area contributed by atoms with E-state index in [1.165, 1.54) is 6.08 Å². The Hall–Kier alpha value is -0.830. The van der Waals surface area contributed by atoms with Crippen molar-refractivity contribution in [2.75, 3.05) is 6.54 Å². The van der Waals surface area contributed by atoms with Crippen molar-refractivity contribution in [3.8, 4) is 0 Å². The quantitative estimate of drug-likeness (QED) is 0.544. The summed E-state index contributed by atoms with van der Waals surface area (Å²) in [6.45, 7) is 5.82. The van der Waals surface area contributed by atoms with Crippen molar-refractivity contribution in [2.24, 2.45) is 5.73 Å². The van der Waals surface area contributed by atoms with Crippen LogP contribution in [0, 0.1) is 0 Å². The van der Waals surface area contributed by atoms with Crippen molar-refractivity contribution in [1.82, 2.24) is 5.32 Å². The lowest BCUT2D eigenvalue weighted by Crippen LogP contribution is -2.35. The van der Waals surface area contributed by atoms with Crippen LogP contribution < -0.4 is 11.1 Å². The second kappa shape index (κ2) is 4.99. The number of carbonyl (C=O) groups excluding carboxylic acids is 1. The van der Waals surface area contributed by atoms with Gasteiger partial charge in [-0.1, -0.05) is 13.5 Å². The molecule has 3 nitrogen and oxygen atoms in total. The van der Waals surface area contributed by atoms with E-state index in [0.29, 0.717) is 6.54 Å². The molecule has 0 saturated carbocycles. The van der Waals surface area contributed by atoms with Gasteiger partial charge in [-0.25, -0.2) is 0 Å². The van der Waals surface area contributed by atoms with Gasteiger partial charge in [0.2, 0.25) is 5.91 Å². The first-order valence-electron chi connectivity index (χ1n) is 3.36. The maximum absolute atomic E-state index is 10.5. The number of nitrogens with one attached hydrogen (secondary N) is 1. The first-order chi connectivity index (χ1) is 4.70. The van der Waals surface area contributed by atoms with Crippen LogP contribution in [-0.2, 0) is 4.79 Å². The van der Waals surface area contributed by atoms with E-state index in [9.17, 15) is 4.79 Å². The average molecular weight is 142 g/mol. The molecular formula is C7H14N2O. The number of amides is 1. The summed E-state index contributed by atoms with van der Waals surface area (Å²) in [5, 5.41) is 2.60. The van der Waals surface area contributed by atoms with E-state index in [0.717, 1.165) is 6.42 Å². The smallest absolute Gasteiger partial charge is 0.243 e. The first-order valence-corrected chi connectivity index (χ1v) is 3.36. The minimum Gasteiger partial charge on any atom is -0.351 e. The predicted octanol–water partition coefficient (Wildman–Crippen LogP) is 0.0259. The highest BCUT2D eigenvalue weighted by atomic mass is 16.1. The Morgan fingerprint density at radius 3 is 2.90 bits per heavy atom. The monoisotopic (exact) mass is 142 g/mol. The maximum Gasteiger partial charge on any atom is 0.243 e. The van der Waals surface area contributed by atoms with Crippen LogP contribution in [0.4, 0.5) is 0 Å². The van der Waals surface area contributed by atoms with E-state index in [-0.39, 0.29) is 11.9 Å². The molecular weight excluding hydrogens is 128 g/mol. The fourth-order valence-corrected chi connectivity index (χ4v) is 0.448. The molecule has 1 atom stereocenters. The molecule has 1 unspecified atom stereocenters. The zero-order valence-corrected chi connectivity index (χ0v) is 6.26. The summed E-state index contributed by atoms with van der Waals surface area (Å²) in [6, 6.07) is 0.0592. The fourth-order valence-electron chi connectivity index (χ4n) is 0.448. The Kier molecular flexibility index (Phi) is 4.58. The van der Waals surface area contributed by atoms with E-state index in [1.54, 1.807) is 0 Å². The molecule has 0 aromatic carbocycles. The lowest BCUT2D eigenvalue weighted by atomic mass is 10.2.